The van der Waals surface area contributed by atoms with Crippen molar-refractivity contribution in [3.8, 4) is 0 Å². The van der Waals surface area contributed by atoms with Gasteiger partial charge in [-0.25, -0.2) is 0 Å². The Labute approximate surface area is 91.3 Å². The van der Waals surface area contributed by atoms with Crippen LogP contribution in [0.3, 0.4) is 0 Å². The maximum absolute atomic E-state index is 11.5. The van der Waals surface area contributed by atoms with Gasteiger partial charge in [0.05, 0.1) is 6.42 Å². The molecule has 81 valence electrons. The van der Waals surface area contributed by atoms with E-state index in [9.17, 15) is 4.79 Å². The third-order valence-corrected chi connectivity index (χ3v) is 1.93. The number of benzene rings is 1. The number of hydrogen-bond donors (Lipinski definition) is 0. The molecule has 1 aromatic carbocycles. The van der Waals surface area contributed by atoms with Crippen molar-refractivity contribution < 1.29 is 9.53 Å². The molecule has 0 saturated heterocycles. The van der Waals surface area contributed by atoms with Crippen LogP contribution in [0.4, 0.5) is 0 Å². The van der Waals surface area contributed by atoms with Gasteiger partial charge in [-0.1, -0.05) is 18.2 Å². The zero-order valence-electron chi connectivity index (χ0n) is 9.76. The van der Waals surface area contributed by atoms with Crippen molar-refractivity contribution in [2.24, 2.45) is 0 Å². The fourth-order valence-corrected chi connectivity index (χ4v) is 1.28. The number of ether oxygens (including phenoxy) is 1. The molecule has 1 aromatic rings. The van der Waals surface area contributed by atoms with Crippen LogP contribution in [-0.2, 0) is 16.0 Å². The van der Waals surface area contributed by atoms with Crippen molar-refractivity contribution in [2.45, 2.75) is 39.7 Å². The van der Waals surface area contributed by atoms with Gasteiger partial charge >= 0.3 is 5.97 Å². The Morgan fingerprint density at radius 3 is 2.67 bits per heavy atom. The molecule has 0 aliphatic carbocycles. The normalized spacial score (nSPS) is 11.2. The van der Waals surface area contributed by atoms with Crippen molar-refractivity contribution in [3.63, 3.8) is 0 Å². The molecule has 0 N–H and O–H groups in total. The standard InChI is InChI=1S/C13H17O2/c1-10-7-5-6-8-11(10)9-12(14)15-13(2,3)4/h5-6,8H,9H2,1-4H3. The van der Waals surface area contributed by atoms with Gasteiger partial charge in [0.15, 0.2) is 0 Å². The van der Waals surface area contributed by atoms with Gasteiger partial charge in [-0.3, -0.25) is 4.79 Å². The van der Waals surface area contributed by atoms with E-state index in [1.165, 1.54) is 0 Å². The Kier molecular flexibility index (Phi) is 3.51. The molecule has 15 heavy (non-hydrogen) atoms. The molecular weight excluding hydrogens is 188 g/mol. The lowest BCUT2D eigenvalue weighted by molar-refractivity contribution is -0.153. The molecule has 0 amide bonds. The second-order valence-corrected chi connectivity index (χ2v) is 4.58. The van der Waals surface area contributed by atoms with Gasteiger partial charge in [0.25, 0.3) is 0 Å². The molecule has 2 heteroatoms. The molecule has 0 aromatic heterocycles. The molecule has 0 spiro atoms. The van der Waals surface area contributed by atoms with Crippen molar-refractivity contribution in [2.75, 3.05) is 0 Å². The van der Waals surface area contributed by atoms with E-state index < -0.39 is 5.60 Å². The van der Waals surface area contributed by atoms with Gasteiger partial charge in [-0.05, 0) is 44.9 Å². The summed E-state index contributed by atoms with van der Waals surface area (Å²) < 4.78 is 5.24. The highest BCUT2D eigenvalue weighted by Gasteiger charge is 2.16. The molecule has 0 atom stereocenters. The fraction of sp³-hybridized carbons (Fsp3) is 0.462. The topological polar surface area (TPSA) is 26.3 Å². The summed E-state index contributed by atoms with van der Waals surface area (Å²) >= 11 is 0. The van der Waals surface area contributed by atoms with Crippen molar-refractivity contribution in [1.82, 2.24) is 0 Å². The number of hydrogen-bond acceptors (Lipinski definition) is 2. The van der Waals surface area contributed by atoms with E-state index in [0.29, 0.717) is 6.42 Å². The van der Waals surface area contributed by atoms with Gasteiger partial charge in [-0.2, -0.15) is 0 Å². The lowest BCUT2D eigenvalue weighted by Gasteiger charge is -2.19. The summed E-state index contributed by atoms with van der Waals surface area (Å²) in [5.74, 6) is -0.190. The van der Waals surface area contributed by atoms with Crippen molar-refractivity contribution >= 4 is 5.97 Å². The van der Waals surface area contributed by atoms with E-state index in [-0.39, 0.29) is 5.97 Å². The number of rotatable bonds is 2. The van der Waals surface area contributed by atoms with Crippen LogP contribution in [0.15, 0.2) is 18.2 Å². The fourth-order valence-electron chi connectivity index (χ4n) is 1.28. The highest BCUT2D eigenvalue weighted by Crippen LogP contribution is 2.12. The molecule has 1 radical (unpaired) electrons. The van der Waals surface area contributed by atoms with E-state index in [0.717, 1.165) is 11.1 Å². The number of carbonyl (C=O) groups is 1. The van der Waals surface area contributed by atoms with Crippen LogP contribution >= 0.6 is 0 Å². The second-order valence-electron chi connectivity index (χ2n) is 4.58. The average molecular weight is 205 g/mol. The summed E-state index contributed by atoms with van der Waals surface area (Å²) in [5.41, 5.74) is 1.57. The van der Waals surface area contributed by atoms with Crippen LogP contribution < -0.4 is 0 Å². The van der Waals surface area contributed by atoms with Gasteiger partial charge in [0.1, 0.15) is 5.60 Å². The Hall–Kier alpha value is -1.31. The van der Waals surface area contributed by atoms with E-state index >= 15 is 0 Å². The Morgan fingerprint density at radius 2 is 2.13 bits per heavy atom. The van der Waals surface area contributed by atoms with Crippen LogP contribution in [-0.4, -0.2) is 11.6 Å². The van der Waals surface area contributed by atoms with Gasteiger partial charge in [0, 0.05) is 0 Å². The van der Waals surface area contributed by atoms with Crippen LogP contribution in [0, 0.1) is 13.0 Å². The second kappa shape index (κ2) is 4.47. The first kappa shape index (κ1) is 11.8. The number of aryl methyl sites for hydroxylation is 1. The molecule has 0 fully saturated rings. The molecule has 0 aliphatic heterocycles. The zero-order valence-corrected chi connectivity index (χ0v) is 9.76. The third-order valence-electron chi connectivity index (χ3n) is 1.93. The Balaban J connectivity index is 2.64. The molecular formula is C13H17O2. The monoisotopic (exact) mass is 205 g/mol. The van der Waals surface area contributed by atoms with Crippen LogP contribution in [0.1, 0.15) is 31.9 Å². The van der Waals surface area contributed by atoms with Crippen LogP contribution in [0.2, 0.25) is 0 Å². The Morgan fingerprint density at radius 1 is 1.47 bits per heavy atom. The minimum atomic E-state index is -0.413. The van der Waals surface area contributed by atoms with Gasteiger partial charge in [0.2, 0.25) is 0 Å². The summed E-state index contributed by atoms with van der Waals surface area (Å²) in [6.45, 7) is 7.55. The molecule has 0 unspecified atom stereocenters. The zero-order chi connectivity index (χ0) is 11.5. The number of carbonyl (C=O) groups excluding carboxylic acids is 1. The highest BCUT2D eigenvalue weighted by atomic mass is 16.6. The molecule has 0 bridgehead atoms. The van der Waals surface area contributed by atoms with E-state index in [2.05, 4.69) is 6.07 Å². The first-order valence-corrected chi connectivity index (χ1v) is 5.06. The van der Waals surface area contributed by atoms with Crippen LogP contribution in [0.25, 0.3) is 0 Å². The quantitative estimate of drug-likeness (QED) is 0.694. The van der Waals surface area contributed by atoms with E-state index in [4.69, 9.17) is 4.74 Å². The van der Waals surface area contributed by atoms with E-state index in [1.807, 2.05) is 45.9 Å². The third kappa shape index (κ3) is 4.15. The SMILES string of the molecule is Cc1[c]cccc1CC(=O)OC(C)(C)C. The summed E-state index contributed by atoms with van der Waals surface area (Å²) in [6, 6.07) is 8.71. The summed E-state index contributed by atoms with van der Waals surface area (Å²) in [7, 11) is 0. The predicted octanol–water partition coefficient (Wildman–Crippen LogP) is 2.68. The summed E-state index contributed by atoms with van der Waals surface area (Å²) in [4.78, 5) is 11.5. The maximum Gasteiger partial charge on any atom is 0.310 e. The van der Waals surface area contributed by atoms with E-state index in [1.54, 1.807) is 0 Å². The average Bonchev–Trinajstić information content (AvgIpc) is 2.05. The Bertz CT molecular complexity index is 348. The molecule has 1 rings (SSSR count). The first-order valence-electron chi connectivity index (χ1n) is 5.06. The van der Waals surface area contributed by atoms with Gasteiger partial charge in [-0.15, -0.1) is 0 Å². The van der Waals surface area contributed by atoms with Gasteiger partial charge < -0.3 is 4.74 Å². The molecule has 2 nitrogen and oxygen atoms in total. The lowest BCUT2D eigenvalue weighted by atomic mass is 10.1. The highest BCUT2D eigenvalue weighted by molar-refractivity contribution is 5.73. The number of esters is 1. The molecule has 0 saturated carbocycles. The lowest BCUT2D eigenvalue weighted by Crippen LogP contribution is -2.25. The summed E-state index contributed by atoms with van der Waals surface area (Å²) in [5, 5.41) is 0. The molecule has 0 heterocycles. The summed E-state index contributed by atoms with van der Waals surface area (Å²) in [6.07, 6.45) is 0.320. The minimum Gasteiger partial charge on any atom is -0.460 e. The smallest absolute Gasteiger partial charge is 0.310 e. The minimum absolute atomic E-state index is 0.190. The van der Waals surface area contributed by atoms with Crippen LogP contribution in [0.5, 0.6) is 0 Å². The van der Waals surface area contributed by atoms with Crippen molar-refractivity contribution in [3.05, 3.63) is 35.4 Å². The first-order chi connectivity index (χ1) is 6.88. The van der Waals surface area contributed by atoms with Crippen molar-refractivity contribution in [1.29, 1.82) is 0 Å². The maximum atomic E-state index is 11.5. The molecule has 0 aliphatic rings. The predicted molar refractivity (Wildman–Crippen MR) is 59.6 cm³/mol. The largest absolute Gasteiger partial charge is 0.460 e.